The minimum Gasteiger partial charge on any atom is -0.351 e. The first-order valence-electron chi connectivity index (χ1n) is 11.7. The van der Waals surface area contributed by atoms with Crippen LogP contribution in [0.1, 0.15) is 49.8 Å². The quantitative estimate of drug-likeness (QED) is 0.705. The fourth-order valence-corrected chi connectivity index (χ4v) is 6.52. The number of thiophene rings is 1. The third kappa shape index (κ3) is 4.02. The molecule has 9 heteroatoms. The van der Waals surface area contributed by atoms with Gasteiger partial charge in [0.05, 0.1) is 12.5 Å². The van der Waals surface area contributed by atoms with Gasteiger partial charge in [-0.2, -0.15) is 0 Å². The molecule has 3 saturated heterocycles. The van der Waals surface area contributed by atoms with E-state index >= 15 is 0 Å². The molecule has 0 bridgehead atoms. The van der Waals surface area contributed by atoms with Crippen LogP contribution in [0.25, 0.3) is 0 Å². The number of fused-ring (bicyclic) bond motifs is 2. The molecule has 4 fully saturated rings. The van der Waals surface area contributed by atoms with Crippen LogP contribution in [-0.4, -0.2) is 70.7 Å². The SMILES string of the molecule is O=C(Cc1cccs1)N[C@@H]1C[C@H]2C(=O)N[C@@H]3CCN(C(=O)C4CCCCC4)[C@@H]3C(=O)N2C1. The minimum atomic E-state index is -0.626. The van der Waals surface area contributed by atoms with Crippen molar-refractivity contribution in [1.82, 2.24) is 20.4 Å². The van der Waals surface area contributed by atoms with Gasteiger partial charge < -0.3 is 20.4 Å². The summed E-state index contributed by atoms with van der Waals surface area (Å²) in [5.41, 5.74) is 0. The summed E-state index contributed by atoms with van der Waals surface area (Å²) in [4.78, 5) is 56.5. The van der Waals surface area contributed by atoms with Gasteiger partial charge in [0.15, 0.2) is 0 Å². The van der Waals surface area contributed by atoms with Crippen molar-refractivity contribution in [3.05, 3.63) is 22.4 Å². The lowest BCUT2D eigenvalue weighted by atomic mass is 9.88. The molecule has 1 aromatic heterocycles. The zero-order valence-electron chi connectivity index (χ0n) is 18.1. The van der Waals surface area contributed by atoms with Crippen molar-refractivity contribution >= 4 is 35.0 Å². The Morgan fingerprint density at radius 3 is 2.72 bits per heavy atom. The Kier molecular flexibility index (Phi) is 5.92. The molecule has 32 heavy (non-hydrogen) atoms. The van der Waals surface area contributed by atoms with Crippen molar-refractivity contribution in [2.75, 3.05) is 13.1 Å². The Morgan fingerprint density at radius 1 is 1.16 bits per heavy atom. The van der Waals surface area contributed by atoms with Crippen LogP contribution in [0, 0.1) is 5.92 Å². The van der Waals surface area contributed by atoms with E-state index in [9.17, 15) is 19.2 Å². The fourth-order valence-electron chi connectivity index (χ4n) is 5.81. The highest BCUT2D eigenvalue weighted by Gasteiger charge is 2.52. The van der Waals surface area contributed by atoms with E-state index in [-0.39, 0.29) is 41.6 Å². The lowest BCUT2D eigenvalue weighted by molar-refractivity contribution is -0.147. The van der Waals surface area contributed by atoms with Crippen LogP contribution < -0.4 is 10.6 Å². The fraction of sp³-hybridized carbons (Fsp3) is 0.652. The highest BCUT2D eigenvalue weighted by molar-refractivity contribution is 7.10. The summed E-state index contributed by atoms with van der Waals surface area (Å²) in [5.74, 6) is -0.371. The predicted octanol–water partition coefficient (Wildman–Crippen LogP) is 1.06. The van der Waals surface area contributed by atoms with Gasteiger partial charge in [0.2, 0.25) is 23.6 Å². The zero-order valence-corrected chi connectivity index (χ0v) is 18.9. The first-order chi connectivity index (χ1) is 15.5. The maximum atomic E-state index is 13.6. The summed E-state index contributed by atoms with van der Waals surface area (Å²) in [6.07, 6.45) is 6.38. The molecule has 1 aliphatic carbocycles. The van der Waals surface area contributed by atoms with E-state index in [1.165, 1.54) is 17.8 Å². The third-order valence-electron chi connectivity index (χ3n) is 7.38. The largest absolute Gasteiger partial charge is 0.351 e. The molecule has 1 aromatic rings. The van der Waals surface area contributed by atoms with Gasteiger partial charge in [0, 0.05) is 29.9 Å². The molecule has 4 aliphatic rings. The molecule has 4 amide bonds. The third-order valence-corrected chi connectivity index (χ3v) is 8.26. The molecule has 5 rings (SSSR count). The Bertz CT molecular complexity index is 898. The minimum absolute atomic E-state index is 0.00656. The molecule has 0 unspecified atom stereocenters. The number of carbonyl (C=O) groups excluding carboxylic acids is 4. The number of likely N-dealkylation sites (tertiary alicyclic amines) is 1. The van der Waals surface area contributed by atoms with E-state index < -0.39 is 12.1 Å². The van der Waals surface area contributed by atoms with Crippen molar-refractivity contribution in [1.29, 1.82) is 0 Å². The smallest absolute Gasteiger partial charge is 0.248 e. The molecular formula is C23H30N4O4S. The van der Waals surface area contributed by atoms with E-state index in [2.05, 4.69) is 10.6 Å². The molecule has 4 atom stereocenters. The summed E-state index contributed by atoms with van der Waals surface area (Å²) < 4.78 is 0. The van der Waals surface area contributed by atoms with Crippen molar-refractivity contribution in [3.63, 3.8) is 0 Å². The normalized spacial score (nSPS) is 30.5. The number of hydrogen-bond acceptors (Lipinski definition) is 5. The number of amides is 4. The molecule has 1 saturated carbocycles. The predicted molar refractivity (Wildman–Crippen MR) is 119 cm³/mol. The number of nitrogens with zero attached hydrogens (tertiary/aromatic N) is 2. The topological polar surface area (TPSA) is 98.8 Å². The van der Waals surface area contributed by atoms with Gasteiger partial charge in [0.25, 0.3) is 0 Å². The maximum Gasteiger partial charge on any atom is 0.248 e. The van der Waals surface area contributed by atoms with Gasteiger partial charge in [-0.25, -0.2) is 0 Å². The summed E-state index contributed by atoms with van der Waals surface area (Å²) in [6, 6.07) is 2.03. The van der Waals surface area contributed by atoms with Crippen LogP contribution in [0.3, 0.4) is 0 Å². The maximum absolute atomic E-state index is 13.6. The van der Waals surface area contributed by atoms with Crippen LogP contribution in [-0.2, 0) is 25.6 Å². The van der Waals surface area contributed by atoms with E-state index in [0.29, 0.717) is 32.4 Å². The molecule has 172 valence electrons. The summed E-state index contributed by atoms with van der Waals surface area (Å²) >= 11 is 1.53. The van der Waals surface area contributed by atoms with Gasteiger partial charge in [-0.1, -0.05) is 25.3 Å². The highest BCUT2D eigenvalue weighted by Crippen LogP contribution is 2.32. The van der Waals surface area contributed by atoms with E-state index in [4.69, 9.17) is 0 Å². The molecule has 2 N–H and O–H groups in total. The highest BCUT2D eigenvalue weighted by atomic mass is 32.1. The molecule has 4 heterocycles. The number of carbonyl (C=O) groups is 4. The Hall–Kier alpha value is -2.42. The molecule has 0 aromatic carbocycles. The van der Waals surface area contributed by atoms with E-state index in [1.54, 1.807) is 9.80 Å². The second-order valence-corrected chi connectivity index (χ2v) is 10.5. The van der Waals surface area contributed by atoms with Crippen molar-refractivity contribution in [2.24, 2.45) is 5.92 Å². The lowest BCUT2D eigenvalue weighted by Crippen LogP contribution is -2.53. The van der Waals surface area contributed by atoms with Crippen LogP contribution in [0.15, 0.2) is 17.5 Å². The van der Waals surface area contributed by atoms with Gasteiger partial charge >= 0.3 is 0 Å². The van der Waals surface area contributed by atoms with Crippen LogP contribution in [0.2, 0.25) is 0 Å². The summed E-state index contributed by atoms with van der Waals surface area (Å²) in [7, 11) is 0. The molecule has 8 nitrogen and oxygen atoms in total. The average molecular weight is 459 g/mol. The van der Waals surface area contributed by atoms with E-state index in [1.807, 2.05) is 17.5 Å². The van der Waals surface area contributed by atoms with Gasteiger partial charge in [-0.15, -0.1) is 11.3 Å². The summed E-state index contributed by atoms with van der Waals surface area (Å²) in [5, 5.41) is 7.96. The van der Waals surface area contributed by atoms with Crippen molar-refractivity contribution < 1.29 is 19.2 Å². The monoisotopic (exact) mass is 458 g/mol. The lowest BCUT2D eigenvalue weighted by Gasteiger charge is -2.32. The van der Waals surface area contributed by atoms with Gasteiger partial charge in [0.1, 0.15) is 12.1 Å². The first-order valence-corrected chi connectivity index (χ1v) is 12.6. The standard InChI is InChI=1S/C23H30N4O4S/c28-19(12-16-7-4-10-32-16)24-15-11-18-21(29)25-17-8-9-26(20(17)23(31)27(18)13-15)22(30)14-5-2-1-3-6-14/h4,7,10,14-15,17-18,20H,1-3,5-6,8-9,11-13H2,(H,24,28)(H,25,29)/t15-,17-,18+,20+/m1/s1. The van der Waals surface area contributed by atoms with Gasteiger partial charge in [-0.05, 0) is 37.1 Å². The van der Waals surface area contributed by atoms with Crippen LogP contribution >= 0.6 is 11.3 Å². The molecule has 3 aliphatic heterocycles. The van der Waals surface area contributed by atoms with Crippen LogP contribution in [0.5, 0.6) is 0 Å². The first kappa shape index (κ1) is 21.4. The number of hydrogen-bond donors (Lipinski definition) is 2. The zero-order chi connectivity index (χ0) is 22.2. The Labute approximate surface area is 191 Å². The van der Waals surface area contributed by atoms with Gasteiger partial charge in [-0.3, -0.25) is 19.2 Å². The number of nitrogens with one attached hydrogen (secondary N) is 2. The Balaban J connectivity index is 1.28. The van der Waals surface area contributed by atoms with Crippen LogP contribution in [0.4, 0.5) is 0 Å². The molecule has 0 radical (unpaired) electrons. The van der Waals surface area contributed by atoms with Crippen molar-refractivity contribution in [2.45, 2.75) is 75.5 Å². The van der Waals surface area contributed by atoms with Crippen molar-refractivity contribution in [3.8, 4) is 0 Å². The average Bonchev–Trinajstić information content (AvgIpc) is 3.52. The number of rotatable bonds is 4. The van der Waals surface area contributed by atoms with E-state index in [0.717, 1.165) is 30.6 Å². The molecular weight excluding hydrogens is 428 g/mol. The summed E-state index contributed by atoms with van der Waals surface area (Å²) in [6.45, 7) is 0.817. The molecule has 0 spiro atoms. The second-order valence-electron chi connectivity index (χ2n) is 9.48. The Morgan fingerprint density at radius 2 is 1.97 bits per heavy atom. The second kappa shape index (κ2) is 8.84.